The van der Waals surface area contributed by atoms with Gasteiger partial charge in [0.1, 0.15) is 5.75 Å². The molecule has 0 aromatic heterocycles. The number of aryl methyl sites for hydroxylation is 1. The second-order valence-corrected chi connectivity index (χ2v) is 4.64. The molecule has 20 heavy (non-hydrogen) atoms. The van der Waals surface area contributed by atoms with Crippen LogP contribution in [0.3, 0.4) is 0 Å². The van der Waals surface area contributed by atoms with Crippen LogP contribution in [0, 0.1) is 6.92 Å². The minimum atomic E-state index is -0.738. The monoisotopic (exact) mass is 271 g/mol. The van der Waals surface area contributed by atoms with E-state index in [0.717, 1.165) is 5.56 Å². The van der Waals surface area contributed by atoms with Crippen LogP contribution < -0.4 is 5.32 Å². The summed E-state index contributed by atoms with van der Waals surface area (Å²) in [5.74, 6) is -0.117. The minimum Gasteiger partial charge on any atom is -0.508 e. The lowest BCUT2D eigenvalue weighted by atomic mass is 10.1. The van der Waals surface area contributed by atoms with Gasteiger partial charge in [-0.3, -0.25) is 4.79 Å². The highest BCUT2D eigenvalue weighted by atomic mass is 16.3. The van der Waals surface area contributed by atoms with Crippen LogP contribution in [0.2, 0.25) is 0 Å². The lowest BCUT2D eigenvalue weighted by Gasteiger charge is -2.12. The molecule has 0 aliphatic heterocycles. The number of aliphatic hydroxyl groups excluding tert-OH is 1. The van der Waals surface area contributed by atoms with E-state index in [-0.39, 0.29) is 18.2 Å². The van der Waals surface area contributed by atoms with Gasteiger partial charge in [0.2, 0.25) is 0 Å². The molecule has 3 N–H and O–H groups in total. The largest absolute Gasteiger partial charge is 0.508 e. The van der Waals surface area contributed by atoms with E-state index < -0.39 is 6.10 Å². The number of carbonyl (C=O) groups is 1. The summed E-state index contributed by atoms with van der Waals surface area (Å²) in [5.41, 5.74) is 1.86. The molecule has 0 heterocycles. The zero-order valence-corrected chi connectivity index (χ0v) is 11.2. The van der Waals surface area contributed by atoms with Crippen LogP contribution in [-0.4, -0.2) is 22.7 Å². The van der Waals surface area contributed by atoms with Crippen molar-refractivity contribution in [3.8, 4) is 5.75 Å². The van der Waals surface area contributed by atoms with Crippen LogP contribution in [0.4, 0.5) is 0 Å². The van der Waals surface area contributed by atoms with Gasteiger partial charge in [-0.05, 0) is 36.2 Å². The number of rotatable bonds is 4. The summed E-state index contributed by atoms with van der Waals surface area (Å²) in [5, 5.41) is 22.1. The molecule has 0 spiro atoms. The number of nitrogens with one attached hydrogen (secondary N) is 1. The van der Waals surface area contributed by atoms with Gasteiger partial charge in [0.15, 0.2) is 0 Å². The lowest BCUT2D eigenvalue weighted by Crippen LogP contribution is -2.28. The fourth-order valence-electron chi connectivity index (χ4n) is 1.88. The fraction of sp³-hybridized carbons (Fsp3) is 0.188. The Balaban J connectivity index is 1.97. The van der Waals surface area contributed by atoms with Crippen molar-refractivity contribution in [1.82, 2.24) is 5.32 Å². The molecule has 1 unspecified atom stereocenters. The van der Waals surface area contributed by atoms with Gasteiger partial charge in [-0.1, -0.05) is 30.3 Å². The highest BCUT2D eigenvalue weighted by molar-refractivity contribution is 5.94. The van der Waals surface area contributed by atoms with E-state index in [2.05, 4.69) is 5.32 Å². The van der Waals surface area contributed by atoms with Crippen LogP contribution in [-0.2, 0) is 0 Å². The van der Waals surface area contributed by atoms with Gasteiger partial charge in [-0.2, -0.15) is 0 Å². The van der Waals surface area contributed by atoms with E-state index in [9.17, 15) is 15.0 Å². The maximum Gasteiger partial charge on any atom is 0.251 e. The Kier molecular flexibility index (Phi) is 4.38. The molecule has 104 valence electrons. The summed E-state index contributed by atoms with van der Waals surface area (Å²) in [4.78, 5) is 11.9. The number of phenols is 1. The Morgan fingerprint density at radius 1 is 1.20 bits per heavy atom. The second-order valence-electron chi connectivity index (χ2n) is 4.64. The number of benzene rings is 2. The molecule has 2 aromatic rings. The smallest absolute Gasteiger partial charge is 0.251 e. The van der Waals surface area contributed by atoms with Gasteiger partial charge in [0.05, 0.1) is 6.10 Å². The van der Waals surface area contributed by atoms with Crippen molar-refractivity contribution in [3.63, 3.8) is 0 Å². The highest BCUT2D eigenvalue weighted by Crippen LogP contribution is 2.17. The first-order chi connectivity index (χ1) is 9.58. The topological polar surface area (TPSA) is 69.6 Å². The summed E-state index contributed by atoms with van der Waals surface area (Å²) in [6.07, 6.45) is -0.738. The minimum absolute atomic E-state index is 0.142. The quantitative estimate of drug-likeness (QED) is 0.798. The maximum atomic E-state index is 11.9. The number of hydrogen-bond donors (Lipinski definition) is 3. The lowest BCUT2D eigenvalue weighted by molar-refractivity contribution is 0.0916. The summed E-state index contributed by atoms with van der Waals surface area (Å²) in [7, 11) is 0. The molecule has 2 aromatic carbocycles. The molecule has 0 radical (unpaired) electrons. The third-order valence-corrected chi connectivity index (χ3v) is 3.10. The van der Waals surface area contributed by atoms with Crippen LogP contribution >= 0.6 is 0 Å². The van der Waals surface area contributed by atoms with Crippen molar-refractivity contribution in [2.24, 2.45) is 0 Å². The molecule has 0 bridgehead atoms. The molecular formula is C16H17NO3. The Bertz CT molecular complexity index is 596. The Morgan fingerprint density at radius 2 is 1.90 bits per heavy atom. The highest BCUT2D eigenvalue weighted by Gasteiger charge is 2.11. The molecule has 1 atom stereocenters. The molecule has 4 heteroatoms. The predicted molar refractivity (Wildman–Crippen MR) is 76.6 cm³/mol. The Morgan fingerprint density at radius 3 is 2.55 bits per heavy atom. The van der Waals surface area contributed by atoms with Gasteiger partial charge < -0.3 is 15.5 Å². The van der Waals surface area contributed by atoms with Gasteiger partial charge in [-0.25, -0.2) is 0 Å². The SMILES string of the molecule is Cc1cc(C(=O)NCC(O)c2ccccc2)ccc1O. The van der Waals surface area contributed by atoms with Gasteiger partial charge in [0.25, 0.3) is 5.91 Å². The molecule has 1 amide bonds. The van der Waals surface area contributed by atoms with Gasteiger partial charge in [0, 0.05) is 12.1 Å². The predicted octanol–water partition coefficient (Wildman–Crippen LogP) is 2.16. The number of amides is 1. The standard InChI is InChI=1S/C16H17NO3/c1-11-9-13(7-8-14(11)18)16(20)17-10-15(19)12-5-3-2-4-6-12/h2-9,15,18-19H,10H2,1H3,(H,17,20). The molecular weight excluding hydrogens is 254 g/mol. The van der Waals surface area contributed by atoms with E-state index in [1.165, 1.54) is 6.07 Å². The van der Waals surface area contributed by atoms with Crippen molar-refractivity contribution in [2.45, 2.75) is 13.0 Å². The van der Waals surface area contributed by atoms with Crippen molar-refractivity contribution in [2.75, 3.05) is 6.54 Å². The number of phenolic OH excluding ortho intramolecular Hbond substituents is 1. The summed E-state index contributed by atoms with van der Waals surface area (Å²) in [6, 6.07) is 13.8. The molecule has 0 saturated carbocycles. The summed E-state index contributed by atoms with van der Waals surface area (Å²) >= 11 is 0. The van der Waals surface area contributed by atoms with E-state index in [4.69, 9.17) is 0 Å². The fourth-order valence-corrected chi connectivity index (χ4v) is 1.88. The van der Waals surface area contributed by atoms with E-state index >= 15 is 0 Å². The zero-order chi connectivity index (χ0) is 14.5. The molecule has 2 rings (SSSR count). The second kappa shape index (κ2) is 6.21. The van der Waals surface area contributed by atoms with E-state index in [1.54, 1.807) is 19.1 Å². The summed E-state index contributed by atoms with van der Waals surface area (Å²) in [6.45, 7) is 1.87. The molecule has 0 fully saturated rings. The van der Waals surface area contributed by atoms with Gasteiger partial charge >= 0.3 is 0 Å². The third kappa shape index (κ3) is 3.36. The Hall–Kier alpha value is -2.33. The van der Waals surface area contributed by atoms with Crippen molar-refractivity contribution >= 4 is 5.91 Å². The Labute approximate surface area is 117 Å². The third-order valence-electron chi connectivity index (χ3n) is 3.10. The molecule has 0 saturated heterocycles. The van der Waals surface area contributed by atoms with Crippen LogP contribution in [0.5, 0.6) is 5.75 Å². The van der Waals surface area contributed by atoms with Gasteiger partial charge in [-0.15, -0.1) is 0 Å². The van der Waals surface area contributed by atoms with E-state index in [1.807, 2.05) is 30.3 Å². The van der Waals surface area contributed by atoms with Crippen LogP contribution in [0.1, 0.15) is 27.6 Å². The average molecular weight is 271 g/mol. The van der Waals surface area contributed by atoms with Crippen LogP contribution in [0.15, 0.2) is 48.5 Å². The van der Waals surface area contributed by atoms with E-state index in [0.29, 0.717) is 11.1 Å². The van der Waals surface area contributed by atoms with Crippen LogP contribution in [0.25, 0.3) is 0 Å². The number of aliphatic hydroxyl groups is 1. The number of hydrogen-bond acceptors (Lipinski definition) is 3. The maximum absolute atomic E-state index is 11.9. The first-order valence-corrected chi connectivity index (χ1v) is 6.39. The first kappa shape index (κ1) is 14.1. The average Bonchev–Trinajstić information content (AvgIpc) is 2.48. The van der Waals surface area contributed by atoms with Crippen molar-refractivity contribution in [1.29, 1.82) is 0 Å². The molecule has 4 nitrogen and oxygen atoms in total. The first-order valence-electron chi connectivity index (χ1n) is 6.39. The zero-order valence-electron chi connectivity index (χ0n) is 11.2. The molecule has 0 aliphatic carbocycles. The van der Waals surface area contributed by atoms with Crippen molar-refractivity contribution < 1.29 is 15.0 Å². The summed E-state index contributed by atoms with van der Waals surface area (Å²) < 4.78 is 0. The van der Waals surface area contributed by atoms with Crippen molar-refractivity contribution in [3.05, 3.63) is 65.2 Å². The number of aromatic hydroxyl groups is 1. The number of carbonyl (C=O) groups excluding carboxylic acids is 1. The molecule has 0 aliphatic rings. The normalized spacial score (nSPS) is 11.9.